The van der Waals surface area contributed by atoms with Gasteiger partial charge in [0.25, 0.3) is 0 Å². The number of rotatable bonds is 10. The molecule has 2 amide bonds. The summed E-state index contributed by atoms with van der Waals surface area (Å²) in [5.74, 6) is -0.229. The normalized spacial score (nSPS) is 11.3. The number of aromatic nitrogens is 1. The van der Waals surface area contributed by atoms with Gasteiger partial charge in [-0.05, 0) is 49.1 Å². The van der Waals surface area contributed by atoms with E-state index in [9.17, 15) is 9.59 Å². The van der Waals surface area contributed by atoms with Gasteiger partial charge in [0.05, 0.1) is 0 Å². The first-order valence-corrected chi connectivity index (χ1v) is 12.4. The first-order valence-electron chi connectivity index (χ1n) is 12.4. The second-order valence-electron chi connectivity index (χ2n) is 9.21. The quantitative estimate of drug-likeness (QED) is 0.297. The molecule has 4 aromatic rings. The van der Waals surface area contributed by atoms with Crippen LogP contribution in [0, 0.1) is 0 Å². The molecule has 1 heterocycles. The fourth-order valence-electron chi connectivity index (χ4n) is 4.28. The first kappa shape index (κ1) is 25.0. The van der Waals surface area contributed by atoms with E-state index in [1.807, 2.05) is 97.7 Å². The third-order valence-electron chi connectivity index (χ3n) is 6.32. The lowest BCUT2D eigenvalue weighted by molar-refractivity contribution is -0.139. The number of aromatic amines is 1. The Morgan fingerprint density at radius 3 is 2.28 bits per heavy atom. The minimum absolute atomic E-state index is 0.0380. The van der Waals surface area contributed by atoms with Crippen molar-refractivity contribution >= 4 is 28.8 Å². The lowest BCUT2D eigenvalue weighted by Crippen LogP contribution is -2.45. The van der Waals surface area contributed by atoms with Crippen molar-refractivity contribution in [2.75, 3.05) is 13.1 Å². The maximum atomic E-state index is 13.6. The molecule has 0 atom stereocenters. The van der Waals surface area contributed by atoms with Gasteiger partial charge in [-0.1, -0.05) is 78.9 Å². The van der Waals surface area contributed by atoms with Crippen LogP contribution in [0.15, 0.2) is 97.2 Å². The minimum Gasteiger partial charge on any atom is -0.361 e. The van der Waals surface area contributed by atoms with Crippen molar-refractivity contribution in [3.63, 3.8) is 0 Å². The topological polar surface area (TPSA) is 56.4 Å². The van der Waals surface area contributed by atoms with Gasteiger partial charge in [0.2, 0.25) is 11.8 Å². The molecule has 0 radical (unpaired) electrons. The molecule has 4 rings (SSSR count). The molecule has 0 aliphatic rings. The monoisotopic (exact) mass is 479 g/mol. The van der Waals surface area contributed by atoms with Gasteiger partial charge in [-0.2, -0.15) is 0 Å². The lowest BCUT2D eigenvalue weighted by atomic mass is 10.1. The molecular formula is C31H33N3O2. The number of amides is 2. The van der Waals surface area contributed by atoms with Crippen LogP contribution < -0.4 is 0 Å². The van der Waals surface area contributed by atoms with Crippen molar-refractivity contribution in [2.24, 2.45) is 0 Å². The third kappa shape index (κ3) is 6.51. The molecule has 0 fully saturated rings. The number of para-hydroxylation sites is 1. The summed E-state index contributed by atoms with van der Waals surface area (Å²) in [6, 6.07) is 27.8. The van der Waals surface area contributed by atoms with Gasteiger partial charge in [0, 0.05) is 42.3 Å². The van der Waals surface area contributed by atoms with Crippen LogP contribution in [0.3, 0.4) is 0 Å². The summed E-state index contributed by atoms with van der Waals surface area (Å²) in [5.41, 5.74) is 4.29. The van der Waals surface area contributed by atoms with E-state index in [1.54, 1.807) is 17.1 Å². The summed E-state index contributed by atoms with van der Waals surface area (Å²) < 4.78 is 0. The molecule has 0 aliphatic heterocycles. The van der Waals surface area contributed by atoms with Gasteiger partial charge >= 0.3 is 0 Å². The fourth-order valence-corrected chi connectivity index (χ4v) is 4.28. The predicted octanol–water partition coefficient (Wildman–Crippen LogP) is 5.69. The van der Waals surface area contributed by atoms with E-state index in [1.165, 1.54) is 10.9 Å². The number of nitrogens with one attached hydrogen (secondary N) is 1. The van der Waals surface area contributed by atoms with Gasteiger partial charge in [0.1, 0.15) is 6.54 Å². The predicted molar refractivity (Wildman–Crippen MR) is 146 cm³/mol. The second-order valence-corrected chi connectivity index (χ2v) is 9.21. The van der Waals surface area contributed by atoms with Gasteiger partial charge in [-0.25, -0.2) is 0 Å². The molecule has 0 spiro atoms. The number of benzene rings is 3. The van der Waals surface area contributed by atoms with E-state index < -0.39 is 0 Å². The highest BCUT2D eigenvalue weighted by Crippen LogP contribution is 2.19. The summed E-state index contributed by atoms with van der Waals surface area (Å²) in [6.45, 7) is 4.98. The van der Waals surface area contributed by atoms with E-state index in [2.05, 4.69) is 17.1 Å². The fraction of sp³-hybridized carbons (Fsp3) is 0.226. The molecule has 0 unspecified atom stereocenters. The number of hydrogen-bond acceptors (Lipinski definition) is 2. The summed E-state index contributed by atoms with van der Waals surface area (Å²) in [4.78, 5) is 33.4. The average molecular weight is 480 g/mol. The highest BCUT2D eigenvalue weighted by Gasteiger charge is 2.22. The first-order chi connectivity index (χ1) is 17.5. The van der Waals surface area contributed by atoms with E-state index >= 15 is 0 Å². The number of H-pyrrole nitrogens is 1. The Morgan fingerprint density at radius 2 is 1.56 bits per heavy atom. The summed E-state index contributed by atoms with van der Waals surface area (Å²) in [5, 5.41) is 1.18. The van der Waals surface area contributed by atoms with E-state index in [4.69, 9.17) is 0 Å². The van der Waals surface area contributed by atoms with Crippen molar-refractivity contribution in [3.8, 4) is 0 Å². The zero-order valence-corrected chi connectivity index (χ0v) is 20.9. The summed E-state index contributed by atoms with van der Waals surface area (Å²) in [6.07, 6.45) is 6.09. The lowest BCUT2D eigenvalue weighted by Gasteiger charge is -2.29. The minimum atomic E-state index is -0.168. The maximum Gasteiger partial charge on any atom is 0.247 e. The highest BCUT2D eigenvalue weighted by atomic mass is 16.2. The SMILES string of the molecule is CC(C)N(CC(=O)N(CCc1c[nH]c2ccccc12)Cc1ccccc1)C(=O)C=Cc1ccccc1. The number of carbonyl (C=O) groups is 2. The van der Waals surface area contributed by atoms with Crippen LogP contribution in [0.5, 0.6) is 0 Å². The Balaban J connectivity index is 1.49. The van der Waals surface area contributed by atoms with Gasteiger partial charge in [0.15, 0.2) is 0 Å². The Hall–Kier alpha value is -4.12. The van der Waals surface area contributed by atoms with Crippen molar-refractivity contribution in [2.45, 2.75) is 32.9 Å². The zero-order valence-electron chi connectivity index (χ0n) is 20.9. The zero-order chi connectivity index (χ0) is 25.3. The van der Waals surface area contributed by atoms with Crippen LogP contribution in [-0.4, -0.2) is 45.7 Å². The van der Waals surface area contributed by atoms with Gasteiger partial charge in [-0.3, -0.25) is 9.59 Å². The Morgan fingerprint density at radius 1 is 0.889 bits per heavy atom. The van der Waals surface area contributed by atoms with Crippen LogP contribution in [0.2, 0.25) is 0 Å². The Kier molecular flexibility index (Phi) is 8.35. The molecular weight excluding hydrogens is 446 g/mol. The maximum absolute atomic E-state index is 13.6. The molecule has 5 heteroatoms. The third-order valence-corrected chi connectivity index (χ3v) is 6.32. The van der Waals surface area contributed by atoms with Crippen LogP contribution in [0.1, 0.15) is 30.5 Å². The standard InChI is InChI=1S/C31H33N3O2/c1-24(2)34(30(35)18-17-25-11-5-3-6-12-25)23-31(36)33(22-26-13-7-4-8-14-26)20-19-27-21-32-29-16-10-9-15-28(27)29/h3-18,21,24,32H,19-20,22-23H2,1-2H3. The Bertz CT molecular complexity index is 1310. The molecule has 36 heavy (non-hydrogen) atoms. The number of nitrogens with zero attached hydrogens (tertiary/aromatic N) is 2. The van der Waals surface area contributed by atoms with Gasteiger partial charge in [-0.15, -0.1) is 0 Å². The molecule has 1 N–H and O–H groups in total. The highest BCUT2D eigenvalue weighted by molar-refractivity contribution is 5.94. The number of hydrogen-bond donors (Lipinski definition) is 1. The molecule has 0 bridgehead atoms. The van der Waals surface area contributed by atoms with Crippen LogP contribution in [-0.2, 0) is 22.6 Å². The molecule has 5 nitrogen and oxygen atoms in total. The largest absolute Gasteiger partial charge is 0.361 e. The smallest absolute Gasteiger partial charge is 0.247 e. The summed E-state index contributed by atoms with van der Waals surface area (Å²) >= 11 is 0. The van der Waals surface area contributed by atoms with Gasteiger partial charge < -0.3 is 14.8 Å². The van der Waals surface area contributed by atoms with Crippen molar-refractivity contribution < 1.29 is 9.59 Å². The molecule has 0 aliphatic carbocycles. The molecule has 0 saturated carbocycles. The molecule has 3 aromatic carbocycles. The Labute approximate surface area is 213 Å². The van der Waals surface area contributed by atoms with Crippen molar-refractivity contribution in [3.05, 3.63) is 114 Å². The molecule has 0 saturated heterocycles. The number of fused-ring (bicyclic) bond motifs is 1. The van der Waals surface area contributed by atoms with E-state index in [0.717, 1.165) is 23.1 Å². The van der Waals surface area contributed by atoms with E-state index in [-0.39, 0.29) is 24.4 Å². The molecule has 184 valence electrons. The van der Waals surface area contributed by atoms with E-state index in [0.29, 0.717) is 13.1 Å². The van der Waals surface area contributed by atoms with Crippen LogP contribution in [0.4, 0.5) is 0 Å². The summed E-state index contributed by atoms with van der Waals surface area (Å²) in [7, 11) is 0. The number of carbonyl (C=O) groups excluding carboxylic acids is 2. The molecule has 1 aromatic heterocycles. The van der Waals surface area contributed by atoms with Crippen LogP contribution >= 0.6 is 0 Å². The van der Waals surface area contributed by atoms with Crippen LogP contribution in [0.25, 0.3) is 17.0 Å². The van der Waals surface area contributed by atoms with Crippen molar-refractivity contribution in [1.29, 1.82) is 0 Å². The van der Waals surface area contributed by atoms with Crippen molar-refractivity contribution in [1.82, 2.24) is 14.8 Å². The second kappa shape index (κ2) is 12.0. The average Bonchev–Trinajstić information content (AvgIpc) is 3.32.